The number of nitrogens with zero attached hydrogens (tertiary/aromatic N) is 1. The molecule has 3 aromatic rings. The van der Waals surface area contributed by atoms with E-state index in [9.17, 15) is 14.3 Å². The Morgan fingerprint density at radius 3 is 2.70 bits per heavy atom. The molecule has 0 saturated carbocycles. The minimum atomic E-state index is -1.11. The highest BCUT2D eigenvalue weighted by Crippen LogP contribution is 2.29. The molecule has 1 aromatic heterocycles. The fraction of sp³-hybridized carbons (Fsp3) is 0. The van der Waals surface area contributed by atoms with E-state index in [1.165, 1.54) is 30.3 Å². The highest BCUT2D eigenvalue weighted by Gasteiger charge is 2.14. The van der Waals surface area contributed by atoms with Crippen molar-refractivity contribution in [3.63, 3.8) is 0 Å². The first kappa shape index (κ1) is 12.2. The smallest absolute Gasteiger partial charge is 0.339 e. The summed E-state index contributed by atoms with van der Waals surface area (Å²) in [6, 6.07) is 8.37. The summed E-state index contributed by atoms with van der Waals surface area (Å²) in [4.78, 5) is 11.3. The van der Waals surface area contributed by atoms with Crippen molar-refractivity contribution in [2.75, 3.05) is 0 Å². The lowest BCUT2D eigenvalue weighted by Gasteiger charge is -2.09. The number of aromatic nitrogens is 2. The zero-order valence-corrected chi connectivity index (χ0v) is 10.1. The molecule has 0 amide bonds. The lowest BCUT2D eigenvalue weighted by molar-refractivity contribution is 0.0694. The average Bonchev–Trinajstić information content (AvgIpc) is 2.87. The molecule has 0 aliphatic rings. The zero-order chi connectivity index (χ0) is 14.1. The first-order chi connectivity index (χ1) is 9.63. The van der Waals surface area contributed by atoms with Crippen LogP contribution < -0.4 is 4.74 Å². The minimum Gasteiger partial charge on any atom is -0.478 e. The molecule has 2 N–H and O–H groups in total. The summed E-state index contributed by atoms with van der Waals surface area (Å²) in [5, 5.41) is 16.5. The van der Waals surface area contributed by atoms with Crippen LogP contribution in [0.4, 0.5) is 4.39 Å². The SMILES string of the molecule is O=C(O)c1cc2[nH]ncc2cc1Oc1ccc(F)cc1. The maximum Gasteiger partial charge on any atom is 0.339 e. The molecule has 0 radical (unpaired) electrons. The van der Waals surface area contributed by atoms with Gasteiger partial charge in [0.05, 0.1) is 11.7 Å². The summed E-state index contributed by atoms with van der Waals surface area (Å²) in [6.45, 7) is 0. The molecule has 0 fully saturated rings. The van der Waals surface area contributed by atoms with E-state index in [0.717, 1.165) is 5.39 Å². The Labute approximate surface area is 112 Å². The van der Waals surface area contributed by atoms with Crippen LogP contribution in [0.15, 0.2) is 42.6 Å². The molecule has 20 heavy (non-hydrogen) atoms. The molecule has 5 nitrogen and oxygen atoms in total. The molecule has 0 aliphatic heterocycles. The first-order valence-electron chi connectivity index (χ1n) is 5.77. The monoisotopic (exact) mass is 272 g/mol. The second kappa shape index (κ2) is 4.65. The van der Waals surface area contributed by atoms with Gasteiger partial charge in [0.2, 0.25) is 0 Å². The van der Waals surface area contributed by atoms with E-state index in [1.54, 1.807) is 12.3 Å². The number of ether oxygens (including phenoxy) is 1. The van der Waals surface area contributed by atoms with Crippen LogP contribution in [0.2, 0.25) is 0 Å². The third-order valence-electron chi connectivity index (χ3n) is 2.81. The van der Waals surface area contributed by atoms with Gasteiger partial charge in [-0.15, -0.1) is 0 Å². The van der Waals surface area contributed by atoms with Gasteiger partial charge in [0, 0.05) is 5.39 Å². The van der Waals surface area contributed by atoms with Crippen LogP contribution in [-0.4, -0.2) is 21.3 Å². The molecule has 0 bridgehead atoms. The Morgan fingerprint density at radius 2 is 2.00 bits per heavy atom. The zero-order valence-electron chi connectivity index (χ0n) is 10.1. The van der Waals surface area contributed by atoms with Gasteiger partial charge in [-0.25, -0.2) is 9.18 Å². The molecule has 0 spiro atoms. The maximum absolute atomic E-state index is 12.8. The third kappa shape index (κ3) is 2.18. The van der Waals surface area contributed by atoms with Crippen molar-refractivity contribution in [2.45, 2.75) is 0 Å². The minimum absolute atomic E-state index is 0.00563. The normalized spacial score (nSPS) is 10.7. The van der Waals surface area contributed by atoms with Crippen LogP contribution in [0.5, 0.6) is 11.5 Å². The Hall–Kier alpha value is -2.89. The number of H-pyrrole nitrogens is 1. The number of benzene rings is 2. The molecule has 3 rings (SSSR count). The fourth-order valence-corrected chi connectivity index (χ4v) is 1.85. The van der Waals surface area contributed by atoms with Crippen LogP contribution in [0, 0.1) is 5.82 Å². The number of halogens is 1. The van der Waals surface area contributed by atoms with Gasteiger partial charge in [0.15, 0.2) is 0 Å². The number of rotatable bonds is 3. The molecule has 0 atom stereocenters. The van der Waals surface area contributed by atoms with Gasteiger partial charge in [-0.1, -0.05) is 0 Å². The average molecular weight is 272 g/mol. The van der Waals surface area contributed by atoms with Gasteiger partial charge >= 0.3 is 5.97 Å². The van der Waals surface area contributed by atoms with E-state index in [0.29, 0.717) is 11.3 Å². The van der Waals surface area contributed by atoms with Gasteiger partial charge in [-0.05, 0) is 36.4 Å². The Kier molecular flexibility index (Phi) is 2.83. The van der Waals surface area contributed by atoms with E-state index in [2.05, 4.69) is 10.2 Å². The second-order valence-corrected chi connectivity index (χ2v) is 4.17. The van der Waals surface area contributed by atoms with Crippen LogP contribution in [0.1, 0.15) is 10.4 Å². The highest BCUT2D eigenvalue weighted by atomic mass is 19.1. The quantitative estimate of drug-likeness (QED) is 0.767. The summed E-state index contributed by atoms with van der Waals surface area (Å²) in [7, 11) is 0. The Bertz CT molecular complexity index is 781. The molecule has 0 saturated heterocycles. The van der Waals surface area contributed by atoms with Crippen molar-refractivity contribution >= 4 is 16.9 Å². The summed E-state index contributed by atoms with van der Waals surface area (Å²) in [6.07, 6.45) is 1.57. The van der Waals surface area contributed by atoms with Gasteiger partial charge in [-0.3, -0.25) is 5.10 Å². The first-order valence-corrected chi connectivity index (χ1v) is 5.77. The predicted molar refractivity (Wildman–Crippen MR) is 69.5 cm³/mol. The van der Waals surface area contributed by atoms with E-state index in [-0.39, 0.29) is 17.1 Å². The van der Waals surface area contributed by atoms with E-state index in [1.807, 2.05) is 0 Å². The molecule has 1 heterocycles. The number of carboxylic acids is 1. The molecular weight excluding hydrogens is 263 g/mol. The number of hydrogen-bond donors (Lipinski definition) is 2. The Balaban J connectivity index is 2.06. The van der Waals surface area contributed by atoms with Crippen LogP contribution in [-0.2, 0) is 0 Å². The summed E-state index contributed by atoms with van der Waals surface area (Å²) >= 11 is 0. The van der Waals surface area contributed by atoms with E-state index >= 15 is 0 Å². The number of aromatic amines is 1. The molecule has 2 aromatic carbocycles. The summed E-state index contributed by atoms with van der Waals surface area (Å²) < 4.78 is 18.4. The van der Waals surface area contributed by atoms with Crippen molar-refractivity contribution in [1.29, 1.82) is 0 Å². The number of hydrogen-bond acceptors (Lipinski definition) is 3. The van der Waals surface area contributed by atoms with Gasteiger partial charge in [-0.2, -0.15) is 5.10 Å². The van der Waals surface area contributed by atoms with Crippen molar-refractivity contribution in [3.8, 4) is 11.5 Å². The number of fused-ring (bicyclic) bond motifs is 1. The van der Waals surface area contributed by atoms with Gasteiger partial charge in [0.25, 0.3) is 0 Å². The van der Waals surface area contributed by atoms with E-state index < -0.39 is 5.97 Å². The summed E-state index contributed by atoms with van der Waals surface area (Å²) in [5.41, 5.74) is 0.611. The fourth-order valence-electron chi connectivity index (χ4n) is 1.85. The van der Waals surface area contributed by atoms with Crippen LogP contribution >= 0.6 is 0 Å². The molecular formula is C14H9FN2O3. The number of nitrogens with one attached hydrogen (secondary N) is 1. The van der Waals surface area contributed by atoms with Crippen molar-refractivity contribution < 1.29 is 19.0 Å². The lowest BCUT2D eigenvalue weighted by atomic mass is 10.1. The maximum atomic E-state index is 12.8. The lowest BCUT2D eigenvalue weighted by Crippen LogP contribution is -2.00. The number of aromatic carboxylic acids is 1. The third-order valence-corrected chi connectivity index (χ3v) is 2.81. The van der Waals surface area contributed by atoms with E-state index in [4.69, 9.17) is 4.74 Å². The van der Waals surface area contributed by atoms with Crippen molar-refractivity contribution in [1.82, 2.24) is 10.2 Å². The molecule has 100 valence electrons. The largest absolute Gasteiger partial charge is 0.478 e. The highest BCUT2D eigenvalue weighted by molar-refractivity contribution is 5.96. The van der Waals surface area contributed by atoms with Gasteiger partial charge in [0.1, 0.15) is 22.9 Å². The predicted octanol–water partition coefficient (Wildman–Crippen LogP) is 3.19. The molecule has 0 unspecified atom stereocenters. The van der Waals surface area contributed by atoms with Crippen LogP contribution in [0.25, 0.3) is 10.9 Å². The number of carboxylic acid groups (broad SMARTS) is 1. The standard InChI is InChI=1S/C14H9FN2O3/c15-9-1-3-10(4-2-9)20-13-5-8-7-16-17-12(8)6-11(13)14(18)19/h1-7H,(H,16,17)(H,18,19). The van der Waals surface area contributed by atoms with Gasteiger partial charge < -0.3 is 9.84 Å². The topological polar surface area (TPSA) is 75.2 Å². The summed E-state index contributed by atoms with van der Waals surface area (Å²) in [5.74, 6) is -0.963. The Morgan fingerprint density at radius 1 is 1.25 bits per heavy atom. The molecule has 0 aliphatic carbocycles. The van der Waals surface area contributed by atoms with Crippen molar-refractivity contribution in [2.24, 2.45) is 0 Å². The van der Waals surface area contributed by atoms with Crippen molar-refractivity contribution in [3.05, 3.63) is 54.0 Å². The number of carbonyl (C=O) groups is 1. The molecule has 6 heteroatoms. The van der Waals surface area contributed by atoms with Crippen LogP contribution in [0.3, 0.4) is 0 Å². The second-order valence-electron chi connectivity index (χ2n) is 4.17.